The van der Waals surface area contributed by atoms with Gasteiger partial charge in [0.1, 0.15) is 0 Å². The molecule has 0 bridgehead atoms. The minimum atomic E-state index is 1.12. The molecule has 1 radical (unpaired) electrons. The van der Waals surface area contributed by atoms with Gasteiger partial charge in [-0.25, -0.2) is 0 Å². The molecule has 0 saturated heterocycles. The zero-order chi connectivity index (χ0) is 4.99. The fraction of sp³-hybridized carbons (Fsp3) is 0.400. The van der Waals surface area contributed by atoms with E-state index in [1.54, 1.807) is 5.54 Å². The molecule has 6 heavy (non-hydrogen) atoms. The molecule has 0 unspecified atom stereocenters. The van der Waals surface area contributed by atoms with E-state index in [2.05, 4.69) is 13.5 Å². The van der Waals surface area contributed by atoms with E-state index < -0.39 is 0 Å². The molecule has 35 valence electrons. The number of rotatable bonds is 2. The van der Waals surface area contributed by atoms with Gasteiger partial charge >= 0.3 is 0 Å². The Morgan fingerprint density at radius 3 is 2.50 bits per heavy atom. The third kappa shape index (κ3) is 3.96. The van der Waals surface area contributed by atoms with Crippen LogP contribution in [0.3, 0.4) is 0 Å². The quantitative estimate of drug-likeness (QED) is 0.349. The first kappa shape index (κ1) is 5.96. The zero-order valence-electron chi connectivity index (χ0n) is 4.49. The summed E-state index contributed by atoms with van der Waals surface area (Å²) in [7, 11) is 1.22. The van der Waals surface area contributed by atoms with Gasteiger partial charge in [0.15, 0.2) is 0 Å². The lowest BCUT2D eigenvalue weighted by Gasteiger charge is -1.91. The third-order valence-corrected chi connectivity index (χ3v) is 0.961. The Hall–Kier alpha value is -0.0431. The molecule has 0 aliphatic carbocycles. The van der Waals surface area contributed by atoms with Crippen molar-refractivity contribution in [1.29, 1.82) is 0 Å². The second kappa shape index (κ2) is 3.16. The van der Waals surface area contributed by atoms with Gasteiger partial charge in [0.25, 0.3) is 0 Å². The van der Waals surface area contributed by atoms with Crippen molar-refractivity contribution in [3.8, 4) is 0 Å². The van der Waals surface area contributed by atoms with Gasteiger partial charge in [-0.2, -0.15) is 0 Å². The molecular formula is C5H11Si. The maximum absolute atomic E-state index is 3.60. The van der Waals surface area contributed by atoms with E-state index in [1.165, 1.54) is 10.2 Å². The van der Waals surface area contributed by atoms with E-state index in [4.69, 9.17) is 0 Å². The van der Waals surface area contributed by atoms with E-state index in [1.807, 2.05) is 6.08 Å². The van der Waals surface area contributed by atoms with Gasteiger partial charge in [0.05, 0.1) is 0 Å². The van der Waals surface area contributed by atoms with Gasteiger partial charge in [0, 0.05) is 10.2 Å². The molecule has 0 aromatic heterocycles. The lowest BCUT2D eigenvalue weighted by Crippen LogP contribution is -1.83. The summed E-state index contributed by atoms with van der Waals surface area (Å²) in [6, 6.07) is 0. The minimum absolute atomic E-state index is 1.12. The van der Waals surface area contributed by atoms with Crippen LogP contribution < -0.4 is 0 Å². The Morgan fingerprint density at radius 1 is 2.00 bits per heavy atom. The van der Waals surface area contributed by atoms with Gasteiger partial charge in [-0.3, -0.25) is 0 Å². The molecule has 0 saturated carbocycles. The van der Waals surface area contributed by atoms with Crippen LogP contribution in [-0.4, -0.2) is 10.2 Å². The van der Waals surface area contributed by atoms with Crippen LogP contribution in [0.1, 0.15) is 13.3 Å². The predicted octanol–water partition coefficient (Wildman–Crippen LogP) is 0.480. The highest BCUT2D eigenvalue weighted by molar-refractivity contribution is 6.18. The molecule has 0 aromatic rings. The molecular weight excluding hydrogens is 88.1 g/mol. The predicted molar refractivity (Wildman–Crippen MR) is 33.7 cm³/mol. The topological polar surface area (TPSA) is 0 Å². The molecule has 0 aliphatic rings. The number of allylic oxidation sites excluding steroid dienone is 1. The van der Waals surface area contributed by atoms with Crippen LogP contribution >= 0.6 is 0 Å². The molecule has 0 spiro atoms. The van der Waals surface area contributed by atoms with E-state index >= 15 is 0 Å². The largest absolute Gasteiger partial charge is 0.103 e. The first-order valence-electron chi connectivity index (χ1n) is 2.17. The highest BCUT2D eigenvalue weighted by Gasteiger charge is 1.83. The Balaban J connectivity index is 2.81. The van der Waals surface area contributed by atoms with Crippen molar-refractivity contribution in [1.82, 2.24) is 0 Å². The molecule has 0 fully saturated rings. The fourth-order valence-electron chi connectivity index (χ4n) is 0.289. The van der Waals surface area contributed by atoms with Crippen LogP contribution in [0.2, 0.25) is 0 Å². The average molecular weight is 99.2 g/mol. The molecule has 1 heteroatoms. The van der Waals surface area contributed by atoms with Crippen molar-refractivity contribution in [2.75, 3.05) is 0 Å². The molecule has 0 aliphatic heterocycles. The molecule has 0 nitrogen and oxygen atoms in total. The molecule has 0 N–H and O–H groups in total. The van der Waals surface area contributed by atoms with Crippen LogP contribution in [-0.2, 0) is 0 Å². The van der Waals surface area contributed by atoms with Crippen molar-refractivity contribution < 1.29 is 0 Å². The summed E-state index contributed by atoms with van der Waals surface area (Å²) in [5, 5.41) is 0. The maximum Gasteiger partial charge on any atom is 0.0110 e. The van der Waals surface area contributed by atoms with E-state index in [0.717, 1.165) is 6.42 Å². The fourth-order valence-corrected chi connectivity index (χ4v) is 0.577. The first-order chi connectivity index (χ1) is 2.77. The van der Waals surface area contributed by atoms with Crippen molar-refractivity contribution >= 4 is 10.2 Å². The summed E-state index contributed by atoms with van der Waals surface area (Å²) >= 11 is 0. The molecule has 0 atom stereocenters. The standard InChI is InChI=1S/C5H11Si/c1-3-4-5(2)6/h3H,1,4H2,2,6H3. The van der Waals surface area contributed by atoms with Gasteiger partial charge < -0.3 is 0 Å². The summed E-state index contributed by atoms with van der Waals surface area (Å²) in [4.78, 5) is 0. The van der Waals surface area contributed by atoms with Crippen LogP contribution in [0.5, 0.6) is 0 Å². The summed E-state index contributed by atoms with van der Waals surface area (Å²) in [5.41, 5.74) is 1.56. The third-order valence-electron chi connectivity index (χ3n) is 0.553. The zero-order valence-corrected chi connectivity index (χ0v) is 6.49. The normalized spacial score (nSPS) is 9.67. The lowest BCUT2D eigenvalue weighted by atomic mass is 10.3. The molecule has 0 aromatic carbocycles. The Morgan fingerprint density at radius 2 is 2.50 bits per heavy atom. The lowest BCUT2D eigenvalue weighted by molar-refractivity contribution is 1.15. The Labute approximate surface area is 42.7 Å². The van der Waals surface area contributed by atoms with E-state index in [0.29, 0.717) is 0 Å². The Kier molecular flexibility index (Phi) is 3.14. The maximum atomic E-state index is 3.60. The number of hydrogen-bond donors (Lipinski definition) is 0. The summed E-state index contributed by atoms with van der Waals surface area (Å²) in [6.45, 7) is 5.76. The van der Waals surface area contributed by atoms with Crippen LogP contribution in [0.15, 0.2) is 12.7 Å². The smallest absolute Gasteiger partial charge is 0.0110 e. The summed E-state index contributed by atoms with van der Waals surface area (Å²) in [5.74, 6) is 0. The first-order valence-corrected chi connectivity index (χ1v) is 3.17. The summed E-state index contributed by atoms with van der Waals surface area (Å²) < 4.78 is 0. The van der Waals surface area contributed by atoms with Crippen molar-refractivity contribution in [2.24, 2.45) is 0 Å². The van der Waals surface area contributed by atoms with Crippen LogP contribution in [0, 0.1) is 5.54 Å². The van der Waals surface area contributed by atoms with Gasteiger partial charge in [-0.05, 0) is 12.0 Å². The highest BCUT2D eigenvalue weighted by atomic mass is 28.1. The van der Waals surface area contributed by atoms with E-state index in [-0.39, 0.29) is 0 Å². The van der Waals surface area contributed by atoms with Gasteiger partial charge in [0.2, 0.25) is 0 Å². The highest BCUT2D eigenvalue weighted by Crippen LogP contribution is 1.95. The van der Waals surface area contributed by atoms with Crippen LogP contribution in [0.25, 0.3) is 0 Å². The molecule has 0 heterocycles. The SMILES string of the molecule is C=CC[C](C)[SiH3]. The van der Waals surface area contributed by atoms with Crippen LogP contribution in [0.4, 0.5) is 0 Å². The summed E-state index contributed by atoms with van der Waals surface area (Å²) in [6.07, 6.45) is 3.06. The van der Waals surface area contributed by atoms with E-state index in [9.17, 15) is 0 Å². The average Bonchev–Trinajstić information content (AvgIpc) is 1.35. The van der Waals surface area contributed by atoms with Gasteiger partial charge in [-0.15, -0.1) is 6.58 Å². The second-order valence-electron chi connectivity index (χ2n) is 1.70. The number of hydrogen-bond acceptors (Lipinski definition) is 0. The van der Waals surface area contributed by atoms with Crippen molar-refractivity contribution in [2.45, 2.75) is 13.3 Å². The van der Waals surface area contributed by atoms with Crippen molar-refractivity contribution in [3.63, 3.8) is 0 Å². The minimum Gasteiger partial charge on any atom is -0.103 e. The Bertz CT molecular complexity index is 39.2. The second-order valence-corrected chi connectivity index (χ2v) is 3.41. The van der Waals surface area contributed by atoms with Crippen molar-refractivity contribution in [3.05, 3.63) is 18.2 Å². The molecule has 0 rings (SSSR count). The van der Waals surface area contributed by atoms with Gasteiger partial charge in [-0.1, -0.05) is 13.0 Å². The monoisotopic (exact) mass is 99.1 g/mol. The molecule has 0 amide bonds.